The number of benzene rings is 1. The van der Waals surface area contributed by atoms with Gasteiger partial charge in [0.2, 0.25) is 10.0 Å². The Hall–Kier alpha value is -1.62. The van der Waals surface area contributed by atoms with Crippen LogP contribution in [-0.2, 0) is 10.0 Å². The number of nitrogens with zero attached hydrogens (tertiary/aromatic N) is 1. The van der Waals surface area contributed by atoms with Crippen molar-refractivity contribution in [3.8, 4) is 0 Å². The van der Waals surface area contributed by atoms with Gasteiger partial charge in [-0.15, -0.1) is 0 Å². The summed E-state index contributed by atoms with van der Waals surface area (Å²) in [5.41, 5.74) is 0.584. The van der Waals surface area contributed by atoms with Gasteiger partial charge in [0.25, 0.3) is 0 Å². The second-order valence-electron chi connectivity index (χ2n) is 3.44. The van der Waals surface area contributed by atoms with Crippen LogP contribution < -0.4 is 4.72 Å². The molecule has 0 aliphatic carbocycles. The van der Waals surface area contributed by atoms with Crippen molar-refractivity contribution in [2.75, 3.05) is 10.5 Å². The molecule has 1 N–H and O–H groups in total. The number of rotatable bonds is 3. The summed E-state index contributed by atoms with van der Waals surface area (Å²) < 4.78 is 25.3. The summed E-state index contributed by atoms with van der Waals surface area (Å²) in [6, 6.07) is 7.22. The maximum atomic E-state index is 11.4. The second-order valence-corrected chi connectivity index (χ2v) is 5.45. The predicted octanol–water partition coefficient (Wildman–Crippen LogP) is 2.00. The van der Waals surface area contributed by atoms with E-state index in [9.17, 15) is 8.42 Å². The third kappa shape index (κ3) is 2.30. The molecular weight excluding hydrogens is 224 g/mol. The second kappa shape index (κ2) is 4.09. The number of pyridine rings is 1. The molecular formula is C11H12N2O2S. The summed E-state index contributed by atoms with van der Waals surface area (Å²) in [5, 5.41) is 1.95. The Kier molecular flexibility index (Phi) is 2.78. The fraction of sp³-hybridized carbons (Fsp3) is 0.182. The van der Waals surface area contributed by atoms with Crippen LogP contribution in [0.2, 0.25) is 0 Å². The Labute approximate surface area is 94.4 Å². The van der Waals surface area contributed by atoms with Gasteiger partial charge in [0, 0.05) is 23.5 Å². The highest BCUT2D eigenvalue weighted by atomic mass is 32.2. The number of nitrogens with one attached hydrogen (secondary N) is 1. The SMILES string of the molecule is CCS(=O)(=O)Nc1ccc2cnccc2c1. The molecule has 0 spiro atoms. The van der Waals surface area contributed by atoms with Crippen LogP contribution in [0.25, 0.3) is 10.8 Å². The van der Waals surface area contributed by atoms with Crippen LogP contribution in [0.4, 0.5) is 5.69 Å². The fourth-order valence-corrected chi connectivity index (χ4v) is 2.03. The third-order valence-electron chi connectivity index (χ3n) is 2.29. The average Bonchev–Trinajstić information content (AvgIpc) is 2.28. The largest absolute Gasteiger partial charge is 0.284 e. The van der Waals surface area contributed by atoms with E-state index in [-0.39, 0.29) is 5.75 Å². The van der Waals surface area contributed by atoms with Gasteiger partial charge in [-0.2, -0.15) is 0 Å². The summed E-state index contributed by atoms with van der Waals surface area (Å²) in [6.07, 6.45) is 3.42. The van der Waals surface area contributed by atoms with Crippen molar-refractivity contribution in [2.45, 2.75) is 6.92 Å². The van der Waals surface area contributed by atoms with E-state index in [2.05, 4.69) is 9.71 Å². The zero-order chi connectivity index (χ0) is 11.6. The molecule has 16 heavy (non-hydrogen) atoms. The van der Waals surface area contributed by atoms with Gasteiger partial charge >= 0.3 is 0 Å². The summed E-state index contributed by atoms with van der Waals surface area (Å²) in [5.74, 6) is 0.0708. The zero-order valence-corrected chi connectivity index (χ0v) is 9.66. The molecule has 0 atom stereocenters. The van der Waals surface area contributed by atoms with Crippen LogP contribution in [0.3, 0.4) is 0 Å². The number of anilines is 1. The minimum Gasteiger partial charge on any atom is -0.284 e. The van der Waals surface area contributed by atoms with Crippen LogP contribution in [-0.4, -0.2) is 19.2 Å². The first-order chi connectivity index (χ1) is 7.61. The van der Waals surface area contributed by atoms with Crippen molar-refractivity contribution in [3.05, 3.63) is 36.7 Å². The lowest BCUT2D eigenvalue weighted by molar-refractivity contribution is 0.602. The topological polar surface area (TPSA) is 59.1 Å². The zero-order valence-electron chi connectivity index (χ0n) is 8.84. The molecule has 2 aromatic rings. The van der Waals surface area contributed by atoms with Crippen molar-refractivity contribution in [3.63, 3.8) is 0 Å². The molecule has 0 unspecified atom stereocenters. The Balaban J connectivity index is 2.40. The van der Waals surface area contributed by atoms with E-state index in [0.29, 0.717) is 5.69 Å². The summed E-state index contributed by atoms with van der Waals surface area (Å²) in [7, 11) is -3.21. The number of sulfonamides is 1. The molecule has 1 aromatic heterocycles. The molecule has 0 aliphatic heterocycles. The van der Waals surface area contributed by atoms with Crippen molar-refractivity contribution in [1.29, 1.82) is 0 Å². The lowest BCUT2D eigenvalue weighted by Gasteiger charge is -2.06. The van der Waals surface area contributed by atoms with E-state index in [1.807, 2.05) is 12.1 Å². The van der Waals surface area contributed by atoms with Crippen molar-refractivity contribution >= 4 is 26.5 Å². The highest BCUT2D eigenvalue weighted by molar-refractivity contribution is 7.92. The van der Waals surface area contributed by atoms with Crippen LogP contribution >= 0.6 is 0 Å². The first kappa shape index (κ1) is 10.9. The van der Waals surface area contributed by atoms with E-state index in [4.69, 9.17) is 0 Å². The summed E-state index contributed by atoms with van der Waals surface area (Å²) in [4.78, 5) is 3.99. The Bertz CT molecular complexity index is 608. The molecule has 0 saturated carbocycles. The minimum atomic E-state index is -3.21. The smallest absolute Gasteiger partial charge is 0.232 e. The monoisotopic (exact) mass is 236 g/mol. The molecule has 0 fully saturated rings. The van der Waals surface area contributed by atoms with Crippen LogP contribution in [0.5, 0.6) is 0 Å². The first-order valence-corrected chi connectivity index (χ1v) is 6.60. The van der Waals surface area contributed by atoms with Crippen LogP contribution in [0, 0.1) is 0 Å². The van der Waals surface area contributed by atoms with Gasteiger partial charge in [-0.3, -0.25) is 9.71 Å². The molecule has 1 heterocycles. The van der Waals surface area contributed by atoms with Gasteiger partial charge in [0.1, 0.15) is 0 Å². The van der Waals surface area contributed by atoms with Crippen molar-refractivity contribution in [1.82, 2.24) is 4.98 Å². The summed E-state index contributed by atoms with van der Waals surface area (Å²) >= 11 is 0. The third-order valence-corrected chi connectivity index (χ3v) is 3.60. The molecule has 0 radical (unpaired) electrons. The average molecular weight is 236 g/mol. The van der Waals surface area contributed by atoms with Gasteiger partial charge in [-0.25, -0.2) is 8.42 Å². The van der Waals surface area contributed by atoms with E-state index < -0.39 is 10.0 Å². The van der Waals surface area contributed by atoms with E-state index in [0.717, 1.165) is 10.8 Å². The van der Waals surface area contributed by atoms with Gasteiger partial charge in [-0.05, 0) is 30.5 Å². The van der Waals surface area contributed by atoms with E-state index >= 15 is 0 Å². The molecule has 4 nitrogen and oxygen atoms in total. The molecule has 0 amide bonds. The fourth-order valence-electron chi connectivity index (χ4n) is 1.40. The lowest BCUT2D eigenvalue weighted by atomic mass is 10.2. The Morgan fingerprint density at radius 3 is 2.81 bits per heavy atom. The lowest BCUT2D eigenvalue weighted by Crippen LogP contribution is -2.14. The number of hydrogen-bond donors (Lipinski definition) is 1. The predicted molar refractivity (Wildman–Crippen MR) is 64.8 cm³/mol. The standard InChI is InChI=1S/C11H12N2O2S/c1-2-16(14,15)13-11-4-3-10-8-12-6-5-9(10)7-11/h3-8,13H,2H2,1H3. The van der Waals surface area contributed by atoms with E-state index in [1.54, 1.807) is 31.5 Å². The maximum Gasteiger partial charge on any atom is 0.232 e. The number of aromatic nitrogens is 1. The van der Waals surface area contributed by atoms with Crippen LogP contribution in [0.15, 0.2) is 36.7 Å². The van der Waals surface area contributed by atoms with Crippen molar-refractivity contribution in [2.24, 2.45) is 0 Å². The van der Waals surface area contributed by atoms with Crippen molar-refractivity contribution < 1.29 is 8.42 Å². The van der Waals surface area contributed by atoms with Gasteiger partial charge in [-0.1, -0.05) is 6.07 Å². The highest BCUT2D eigenvalue weighted by Crippen LogP contribution is 2.18. The highest BCUT2D eigenvalue weighted by Gasteiger charge is 2.06. The van der Waals surface area contributed by atoms with Gasteiger partial charge in [0.15, 0.2) is 0 Å². The first-order valence-electron chi connectivity index (χ1n) is 4.95. The van der Waals surface area contributed by atoms with Gasteiger partial charge < -0.3 is 0 Å². The summed E-state index contributed by atoms with van der Waals surface area (Å²) in [6.45, 7) is 1.60. The van der Waals surface area contributed by atoms with Gasteiger partial charge in [0.05, 0.1) is 5.75 Å². The van der Waals surface area contributed by atoms with E-state index in [1.165, 1.54) is 0 Å². The van der Waals surface area contributed by atoms with Crippen LogP contribution in [0.1, 0.15) is 6.92 Å². The molecule has 0 bridgehead atoms. The molecule has 0 aliphatic rings. The quantitative estimate of drug-likeness (QED) is 0.886. The normalized spacial score (nSPS) is 11.6. The molecule has 5 heteroatoms. The Morgan fingerprint density at radius 1 is 1.25 bits per heavy atom. The Morgan fingerprint density at radius 2 is 2.06 bits per heavy atom. The minimum absolute atomic E-state index is 0.0708. The maximum absolute atomic E-state index is 11.4. The number of hydrogen-bond acceptors (Lipinski definition) is 3. The molecule has 1 aromatic carbocycles. The molecule has 84 valence electrons. The number of fused-ring (bicyclic) bond motifs is 1. The molecule has 2 rings (SSSR count). The molecule has 0 saturated heterocycles.